The second-order valence-corrected chi connectivity index (χ2v) is 5.94. The first-order chi connectivity index (χ1) is 9.32. The van der Waals surface area contributed by atoms with E-state index < -0.39 is 5.60 Å². The number of carbonyl (C=O) groups is 1. The number of nitrogens with two attached hydrogens (primary N) is 1. The van der Waals surface area contributed by atoms with Crippen LogP contribution in [0.2, 0.25) is 0 Å². The Morgan fingerprint density at radius 2 is 2.25 bits per heavy atom. The quantitative estimate of drug-likeness (QED) is 0.854. The first-order valence-corrected chi connectivity index (χ1v) is 6.79. The summed E-state index contributed by atoms with van der Waals surface area (Å²) >= 11 is 0. The molecule has 1 fully saturated rings. The van der Waals surface area contributed by atoms with Crippen molar-refractivity contribution in [1.82, 2.24) is 4.90 Å². The van der Waals surface area contributed by atoms with Crippen molar-refractivity contribution in [2.75, 3.05) is 19.6 Å². The molecule has 0 spiro atoms. The Hall–Kier alpha value is -1.59. The molecule has 1 aromatic carbocycles. The lowest BCUT2D eigenvalue weighted by Gasteiger charge is -2.42. The van der Waals surface area contributed by atoms with Crippen LogP contribution in [-0.2, 0) is 4.74 Å². The van der Waals surface area contributed by atoms with Crippen LogP contribution in [0.4, 0.5) is 0 Å². The number of amides is 1. The zero-order chi connectivity index (χ0) is 14.9. The average molecular weight is 278 g/mol. The van der Waals surface area contributed by atoms with Gasteiger partial charge >= 0.3 is 0 Å². The van der Waals surface area contributed by atoms with Gasteiger partial charge in [-0.15, -0.1) is 0 Å². The van der Waals surface area contributed by atoms with E-state index in [0.717, 1.165) is 5.56 Å². The van der Waals surface area contributed by atoms with Crippen molar-refractivity contribution in [3.63, 3.8) is 0 Å². The number of hydrogen-bond acceptors (Lipinski definition) is 4. The SMILES string of the molecule is Cc1ccc(O)c(C(=O)N2CC(CN)OC(C)(C)C2)c1. The van der Waals surface area contributed by atoms with Gasteiger partial charge < -0.3 is 20.5 Å². The minimum absolute atomic E-state index is 0.00852. The Kier molecular flexibility index (Phi) is 4.01. The summed E-state index contributed by atoms with van der Waals surface area (Å²) in [4.78, 5) is 14.3. The Morgan fingerprint density at radius 1 is 1.55 bits per heavy atom. The lowest BCUT2D eigenvalue weighted by atomic mass is 10.0. The van der Waals surface area contributed by atoms with Crippen molar-refractivity contribution < 1.29 is 14.6 Å². The number of aromatic hydroxyl groups is 1. The van der Waals surface area contributed by atoms with Crippen LogP contribution in [0.5, 0.6) is 5.75 Å². The van der Waals surface area contributed by atoms with E-state index in [1.165, 1.54) is 0 Å². The number of phenolic OH excluding ortho intramolecular Hbond substituents is 1. The maximum Gasteiger partial charge on any atom is 0.257 e. The molecule has 0 radical (unpaired) electrons. The molecule has 1 amide bonds. The van der Waals surface area contributed by atoms with Gasteiger partial charge in [0.15, 0.2) is 0 Å². The van der Waals surface area contributed by atoms with Crippen molar-refractivity contribution in [2.45, 2.75) is 32.5 Å². The minimum Gasteiger partial charge on any atom is -0.507 e. The lowest BCUT2D eigenvalue weighted by Crippen LogP contribution is -2.56. The zero-order valence-corrected chi connectivity index (χ0v) is 12.2. The predicted octanol–water partition coefficient (Wildman–Crippen LogP) is 1.28. The van der Waals surface area contributed by atoms with Crippen molar-refractivity contribution in [3.05, 3.63) is 29.3 Å². The van der Waals surface area contributed by atoms with Crippen LogP contribution >= 0.6 is 0 Å². The van der Waals surface area contributed by atoms with Gasteiger partial charge in [-0.05, 0) is 32.9 Å². The van der Waals surface area contributed by atoms with Gasteiger partial charge in [0.1, 0.15) is 5.75 Å². The highest BCUT2D eigenvalue weighted by Crippen LogP contribution is 2.25. The number of ether oxygens (including phenoxy) is 1. The van der Waals surface area contributed by atoms with E-state index in [1.807, 2.05) is 20.8 Å². The molecular weight excluding hydrogens is 256 g/mol. The standard InChI is InChI=1S/C15H22N2O3/c1-10-4-5-13(18)12(6-10)14(19)17-8-11(7-16)20-15(2,3)9-17/h4-6,11,18H,7-9,16H2,1-3H3. The first-order valence-electron chi connectivity index (χ1n) is 6.79. The van der Waals surface area contributed by atoms with E-state index in [1.54, 1.807) is 23.1 Å². The van der Waals surface area contributed by atoms with Gasteiger partial charge in [0, 0.05) is 19.6 Å². The summed E-state index contributed by atoms with van der Waals surface area (Å²) in [6, 6.07) is 5.03. The lowest BCUT2D eigenvalue weighted by molar-refractivity contribution is -0.122. The second kappa shape index (κ2) is 5.42. The van der Waals surface area contributed by atoms with Gasteiger partial charge in [-0.25, -0.2) is 0 Å². The van der Waals surface area contributed by atoms with E-state index >= 15 is 0 Å². The molecule has 0 bridgehead atoms. The largest absolute Gasteiger partial charge is 0.507 e. The molecule has 1 aliphatic heterocycles. The zero-order valence-electron chi connectivity index (χ0n) is 12.2. The molecule has 3 N–H and O–H groups in total. The molecule has 1 heterocycles. The van der Waals surface area contributed by atoms with Gasteiger partial charge in [0.25, 0.3) is 5.91 Å². The Morgan fingerprint density at radius 3 is 2.90 bits per heavy atom. The number of phenols is 1. The fourth-order valence-corrected chi connectivity index (χ4v) is 2.56. The normalized spacial score (nSPS) is 21.8. The van der Waals surface area contributed by atoms with Crippen LogP contribution in [0.1, 0.15) is 29.8 Å². The summed E-state index contributed by atoms with van der Waals surface area (Å²) in [6.07, 6.45) is -0.172. The van der Waals surface area contributed by atoms with Gasteiger partial charge in [-0.2, -0.15) is 0 Å². The van der Waals surface area contributed by atoms with Crippen LogP contribution in [0, 0.1) is 6.92 Å². The molecule has 1 saturated heterocycles. The molecule has 5 heteroatoms. The van der Waals surface area contributed by atoms with Crippen molar-refractivity contribution in [1.29, 1.82) is 0 Å². The van der Waals surface area contributed by atoms with Gasteiger partial charge in [0.2, 0.25) is 0 Å². The maximum atomic E-state index is 12.6. The average Bonchev–Trinajstić information content (AvgIpc) is 2.38. The van der Waals surface area contributed by atoms with Crippen molar-refractivity contribution in [2.24, 2.45) is 5.73 Å². The molecule has 0 aromatic heterocycles. The summed E-state index contributed by atoms with van der Waals surface area (Å²) in [6.45, 7) is 7.06. The van der Waals surface area contributed by atoms with Gasteiger partial charge in [0.05, 0.1) is 17.3 Å². The van der Waals surface area contributed by atoms with Crippen molar-refractivity contribution >= 4 is 5.91 Å². The van der Waals surface area contributed by atoms with Crippen molar-refractivity contribution in [3.8, 4) is 5.75 Å². The van der Waals surface area contributed by atoms with E-state index in [2.05, 4.69) is 0 Å². The van der Waals surface area contributed by atoms with Gasteiger partial charge in [-0.3, -0.25) is 4.79 Å². The smallest absolute Gasteiger partial charge is 0.257 e. The molecule has 1 atom stereocenters. The third-order valence-electron chi connectivity index (χ3n) is 3.41. The molecule has 20 heavy (non-hydrogen) atoms. The number of aryl methyl sites for hydroxylation is 1. The van der Waals surface area contributed by atoms with Crippen LogP contribution in [0.25, 0.3) is 0 Å². The molecule has 0 saturated carbocycles. The molecule has 2 rings (SSSR count). The van der Waals surface area contributed by atoms with E-state index in [0.29, 0.717) is 25.2 Å². The number of benzene rings is 1. The summed E-state index contributed by atoms with van der Waals surface area (Å²) in [5.41, 5.74) is 6.50. The third kappa shape index (κ3) is 3.11. The highest BCUT2D eigenvalue weighted by molar-refractivity contribution is 5.97. The number of hydrogen-bond donors (Lipinski definition) is 2. The van der Waals surface area contributed by atoms with Crippen LogP contribution < -0.4 is 5.73 Å². The fourth-order valence-electron chi connectivity index (χ4n) is 2.56. The Bertz CT molecular complexity index is 514. The molecule has 110 valence electrons. The van der Waals surface area contributed by atoms with Crippen LogP contribution in [0.15, 0.2) is 18.2 Å². The van der Waals surface area contributed by atoms with E-state index in [-0.39, 0.29) is 17.8 Å². The third-order valence-corrected chi connectivity index (χ3v) is 3.41. The summed E-state index contributed by atoms with van der Waals surface area (Å²) in [5, 5.41) is 9.89. The minimum atomic E-state index is -0.433. The summed E-state index contributed by atoms with van der Waals surface area (Å²) in [7, 11) is 0. The molecule has 1 aromatic rings. The number of rotatable bonds is 2. The maximum absolute atomic E-state index is 12.6. The summed E-state index contributed by atoms with van der Waals surface area (Å²) in [5.74, 6) is -0.171. The molecule has 1 unspecified atom stereocenters. The van der Waals surface area contributed by atoms with Gasteiger partial charge in [-0.1, -0.05) is 11.6 Å². The highest BCUT2D eigenvalue weighted by atomic mass is 16.5. The Labute approximate surface area is 119 Å². The van der Waals surface area contributed by atoms with Crippen LogP contribution in [-0.4, -0.2) is 47.3 Å². The number of nitrogens with zero attached hydrogens (tertiary/aromatic N) is 1. The molecular formula is C15H22N2O3. The summed E-state index contributed by atoms with van der Waals surface area (Å²) < 4.78 is 5.81. The fraction of sp³-hybridized carbons (Fsp3) is 0.533. The number of carbonyl (C=O) groups excluding carboxylic acids is 1. The molecule has 0 aliphatic carbocycles. The second-order valence-electron chi connectivity index (χ2n) is 5.94. The predicted molar refractivity (Wildman–Crippen MR) is 76.8 cm³/mol. The molecule has 5 nitrogen and oxygen atoms in total. The first kappa shape index (κ1) is 14.8. The number of morpholine rings is 1. The molecule has 1 aliphatic rings. The van der Waals surface area contributed by atoms with E-state index in [9.17, 15) is 9.90 Å². The van der Waals surface area contributed by atoms with Crippen LogP contribution in [0.3, 0.4) is 0 Å². The monoisotopic (exact) mass is 278 g/mol. The highest BCUT2D eigenvalue weighted by Gasteiger charge is 2.35. The Balaban J connectivity index is 2.25. The topological polar surface area (TPSA) is 75.8 Å². The van der Waals surface area contributed by atoms with E-state index in [4.69, 9.17) is 10.5 Å².